The van der Waals surface area contributed by atoms with Gasteiger partial charge in [0.1, 0.15) is 23.8 Å². The topological polar surface area (TPSA) is 160 Å². The van der Waals surface area contributed by atoms with Crippen LogP contribution in [-0.4, -0.2) is 70.5 Å². The summed E-state index contributed by atoms with van der Waals surface area (Å²) in [7, 11) is 0. The van der Waals surface area contributed by atoms with Crippen LogP contribution in [-0.2, 0) is 4.74 Å². The van der Waals surface area contributed by atoms with Crippen LogP contribution in [0.25, 0.3) is 11.2 Å². The molecule has 0 amide bonds. The van der Waals surface area contributed by atoms with Crippen molar-refractivity contribution in [3.05, 3.63) is 12.2 Å². The van der Waals surface area contributed by atoms with Gasteiger partial charge >= 0.3 is 0 Å². The summed E-state index contributed by atoms with van der Waals surface area (Å²) in [5, 5.41) is 40.6. The van der Waals surface area contributed by atoms with Crippen LogP contribution >= 0.6 is 0 Å². The minimum Gasteiger partial charge on any atom is -0.394 e. The lowest BCUT2D eigenvalue weighted by Gasteiger charge is -2.29. The van der Waals surface area contributed by atoms with Crippen LogP contribution in [0.2, 0.25) is 0 Å². The highest BCUT2D eigenvalue weighted by molar-refractivity contribution is 5.82. The van der Waals surface area contributed by atoms with E-state index >= 15 is 0 Å². The minimum atomic E-state index is -1.26. The van der Waals surface area contributed by atoms with E-state index < -0.39 is 36.7 Å². The fraction of sp³-hybridized carbons (Fsp3) is 0.682. The van der Waals surface area contributed by atoms with Gasteiger partial charge in [0, 0.05) is 6.42 Å². The van der Waals surface area contributed by atoms with Crippen LogP contribution < -0.4 is 5.73 Å². The van der Waals surface area contributed by atoms with E-state index in [9.17, 15) is 20.4 Å². The summed E-state index contributed by atoms with van der Waals surface area (Å²) in [6, 6.07) is 0. The Morgan fingerprint density at radius 2 is 1.84 bits per heavy atom. The van der Waals surface area contributed by atoms with Gasteiger partial charge in [0.25, 0.3) is 0 Å². The second-order valence-corrected chi connectivity index (χ2v) is 8.78. The first-order valence-corrected chi connectivity index (χ1v) is 11.3. The zero-order valence-corrected chi connectivity index (χ0v) is 18.0. The Hall–Kier alpha value is -2.29. The SMILES string of the molecule is Nc1nc(C#CCCC2(O)CCCCCCC2)nc2c1ncn2[C@@H]1O[C@H](CO)C(O)C1O. The molecule has 2 unspecified atom stereocenters. The Morgan fingerprint density at radius 1 is 1.12 bits per heavy atom. The molecule has 4 rings (SSSR count). The number of rotatable bonds is 4. The lowest BCUT2D eigenvalue weighted by Crippen LogP contribution is -2.33. The fourth-order valence-electron chi connectivity index (χ4n) is 4.54. The van der Waals surface area contributed by atoms with Crippen molar-refractivity contribution in [2.24, 2.45) is 0 Å². The van der Waals surface area contributed by atoms with E-state index in [1.165, 1.54) is 30.2 Å². The van der Waals surface area contributed by atoms with Gasteiger partial charge in [0.2, 0.25) is 5.82 Å². The summed E-state index contributed by atoms with van der Waals surface area (Å²) in [6.07, 6.45) is 5.45. The number of nitrogen functional groups attached to an aromatic ring is 1. The van der Waals surface area contributed by atoms with Crippen LogP contribution in [0.5, 0.6) is 0 Å². The Kier molecular flexibility index (Phi) is 6.93. The standard InChI is InChI=1S/C22H31N5O5/c23-19-16-20(27(13-24-16)21-18(30)17(29)14(12-28)32-21)26-15(25-19)8-4-7-11-22(31)9-5-2-1-3-6-10-22/h13-14,17-18,21,28-31H,1-3,5-7,9-12H2,(H2,23,25,26)/t14-,17?,18?,21-/m1/s1. The van der Waals surface area contributed by atoms with E-state index in [-0.39, 0.29) is 11.6 Å². The molecule has 2 aromatic heterocycles. The van der Waals surface area contributed by atoms with Crippen LogP contribution in [0.3, 0.4) is 0 Å². The molecular formula is C22H31N5O5. The lowest BCUT2D eigenvalue weighted by atomic mass is 9.84. The molecule has 0 radical (unpaired) electrons. The molecule has 1 aliphatic carbocycles. The second kappa shape index (κ2) is 9.68. The zero-order valence-electron chi connectivity index (χ0n) is 18.0. The van der Waals surface area contributed by atoms with E-state index in [2.05, 4.69) is 26.8 Å². The van der Waals surface area contributed by atoms with Gasteiger partial charge in [-0.05, 0) is 25.2 Å². The van der Waals surface area contributed by atoms with Crippen molar-refractivity contribution in [3.63, 3.8) is 0 Å². The van der Waals surface area contributed by atoms with Gasteiger partial charge in [-0.2, -0.15) is 0 Å². The van der Waals surface area contributed by atoms with Crippen molar-refractivity contribution in [3.8, 4) is 11.8 Å². The zero-order chi connectivity index (χ0) is 22.7. The summed E-state index contributed by atoms with van der Waals surface area (Å²) in [5.74, 6) is 6.30. The van der Waals surface area contributed by atoms with Gasteiger partial charge in [-0.1, -0.05) is 38.0 Å². The molecule has 1 aliphatic heterocycles. The molecule has 0 bridgehead atoms. The molecule has 6 N–H and O–H groups in total. The van der Waals surface area contributed by atoms with Gasteiger partial charge in [-0.25, -0.2) is 15.0 Å². The number of ether oxygens (including phenoxy) is 1. The molecule has 1 saturated heterocycles. The van der Waals surface area contributed by atoms with Gasteiger partial charge in [-0.3, -0.25) is 4.57 Å². The third kappa shape index (κ3) is 4.72. The minimum absolute atomic E-state index is 0.142. The van der Waals surface area contributed by atoms with Crippen molar-refractivity contribution >= 4 is 17.0 Å². The molecule has 174 valence electrons. The van der Waals surface area contributed by atoms with Crippen molar-refractivity contribution in [1.82, 2.24) is 19.5 Å². The lowest BCUT2D eigenvalue weighted by molar-refractivity contribution is -0.0511. The van der Waals surface area contributed by atoms with E-state index in [4.69, 9.17) is 10.5 Å². The highest BCUT2D eigenvalue weighted by atomic mass is 16.6. The first-order valence-electron chi connectivity index (χ1n) is 11.3. The van der Waals surface area contributed by atoms with Crippen molar-refractivity contribution in [2.75, 3.05) is 12.3 Å². The number of hydrogen-bond donors (Lipinski definition) is 5. The molecule has 4 atom stereocenters. The van der Waals surface area contributed by atoms with Crippen LogP contribution in [0.15, 0.2) is 6.33 Å². The monoisotopic (exact) mass is 445 g/mol. The van der Waals surface area contributed by atoms with Crippen molar-refractivity contribution in [1.29, 1.82) is 0 Å². The number of fused-ring (bicyclic) bond motifs is 1. The average molecular weight is 446 g/mol. The molecule has 2 aromatic rings. The molecule has 0 spiro atoms. The number of nitrogens with two attached hydrogens (primary N) is 1. The maximum absolute atomic E-state index is 10.9. The number of anilines is 1. The molecule has 3 heterocycles. The number of aromatic nitrogens is 4. The molecule has 10 heteroatoms. The van der Waals surface area contributed by atoms with Gasteiger partial charge in [0.05, 0.1) is 18.5 Å². The van der Waals surface area contributed by atoms with Crippen molar-refractivity contribution < 1.29 is 25.2 Å². The normalized spacial score (nSPS) is 28.1. The summed E-state index contributed by atoms with van der Waals surface area (Å²) in [4.78, 5) is 12.8. The number of hydrogen-bond acceptors (Lipinski definition) is 9. The average Bonchev–Trinajstić information content (AvgIpc) is 3.30. The van der Waals surface area contributed by atoms with Crippen LogP contribution in [0, 0.1) is 11.8 Å². The predicted molar refractivity (Wildman–Crippen MR) is 116 cm³/mol. The summed E-state index contributed by atoms with van der Waals surface area (Å²) >= 11 is 0. The molecule has 0 aromatic carbocycles. The highest BCUT2D eigenvalue weighted by Gasteiger charge is 2.44. The van der Waals surface area contributed by atoms with Crippen LogP contribution in [0.1, 0.15) is 69.8 Å². The first kappa shape index (κ1) is 22.9. The third-order valence-corrected chi connectivity index (χ3v) is 6.44. The molecule has 2 fully saturated rings. The fourth-order valence-corrected chi connectivity index (χ4v) is 4.54. The Labute approximate surface area is 186 Å². The third-order valence-electron chi connectivity index (χ3n) is 6.44. The maximum atomic E-state index is 10.9. The number of aliphatic hydroxyl groups excluding tert-OH is 3. The summed E-state index contributed by atoms with van der Waals surface area (Å²) < 4.78 is 7.03. The van der Waals surface area contributed by atoms with E-state index in [1.54, 1.807) is 0 Å². The molecule has 2 aliphatic rings. The van der Waals surface area contributed by atoms with Crippen LogP contribution in [0.4, 0.5) is 5.82 Å². The smallest absolute Gasteiger partial charge is 0.208 e. The van der Waals surface area contributed by atoms with Gasteiger partial charge in [0.15, 0.2) is 17.7 Å². The largest absolute Gasteiger partial charge is 0.394 e. The maximum Gasteiger partial charge on any atom is 0.208 e. The number of aliphatic hydroxyl groups is 4. The Bertz CT molecular complexity index is 992. The van der Waals surface area contributed by atoms with E-state index in [0.717, 1.165) is 25.7 Å². The Balaban J connectivity index is 1.51. The van der Waals surface area contributed by atoms with E-state index in [0.29, 0.717) is 24.0 Å². The van der Waals surface area contributed by atoms with Gasteiger partial charge in [-0.15, -0.1) is 0 Å². The number of imidazole rings is 1. The highest BCUT2D eigenvalue weighted by Crippen LogP contribution is 2.32. The molecule has 10 nitrogen and oxygen atoms in total. The Morgan fingerprint density at radius 3 is 2.53 bits per heavy atom. The molecule has 1 saturated carbocycles. The summed E-state index contributed by atoms with van der Waals surface area (Å²) in [5.41, 5.74) is 6.02. The second-order valence-electron chi connectivity index (χ2n) is 8.78. The van der Waals surface area contributed by atoms with Gasteiger partial charge < -0.3 is 30.9 Å². The molecule has 32 heavy (non-hydrogen) atoms. The van der Waals surface area contributed by atoms with E-state index in [1.807, 2.05) is 0 Å². The predicted octanol–water partition coefficient (Wildman–Crippen LogP) is 0.627. The first-order chi connectivity index (χ1) is 15.4. The van der Waals surface area contributed by atoms with Crippen molar-refractivity contribution in [2.45, 2.75) is 87.9 Å². The quantitative estimate of drug-likeness (QED) is 0.425. The summed E-state index contributed by atoms with van der Waals surface area (Å²) in [6.45, 7) is -0.429. The molecular weight excluding hydrogens is 414 g/mol. The number of nitrogens with zero attached hydrogens (tertiary/aromatic N) is 4.